The van der Waals surface area contributed by atoms with Crippen molar-refractivity contribution in [2.75, 3.05) is 19.6 Å². The zero-order chi connectivity index (χ0) is 52.1. The zero-order valence-corrected chi connectivity index (χ0v) is 40.4. The van der Waals surface area contributed by atoms with Crippen molar-refractivity contribution in [2.24, 2.45) is 55.3 Å². The Morgan fingerprint density at radius 3 is 1.41 bits per heavy atom. The van der Waals surface area contributed by atoms with Gasteiger partial charge in [-0.3, -0.25) is 43.7 Å². The first-order chi connectivity index (χ1) is 35.1. The van der Waals surface area contributed by atoms with Gasteiger partial charge in [0, 0.05) is 73.1 Å². The molecule has 1 spiro atoms. The maximum absolute atomic E-state index is 14.9. The average molecular weight is 1000 g/mol. The van der Waals surface area contributed by atoms with Crippen LogP contribution in [0.3, 0.4) is 0 Å². The number of guanidine groups is 3. The average Bonchev–Trinajstić information content (AvgIpc) is 3.96. The van der Waals surface area contributed by atoms with E-state index in [1.165, 1.54) is 0 Å². The van der Waals surface area contributed by atoms with Crippen LogP contribution in [0.4, 0.5) is 0 Å². The summed E-state index contributed by atoms with van der Waals surface area (Å²) >= 11 is 0. The Kier molecular flexibility index (Phi) is 17.2. The van der Waals surface area contributed by atoms with Crippen LogP contribution in [0, 0.1) is 5.92 Å². The van der Waals surface area contributed by atoms with Crippen LogP contribution in [-0.2, 0) is 48.0 Å². The fourth-order valence-corrected chi connectivity index (χ4v) is 9.41. The van der Waals surface area contributed by atoms with Gasteiger partial charge < -0.3 is 76.3 Å². The largest absolute Gasteiger partial charge is 0.370 e. The number of hydrogen-bond donors (Lipinski definition) is 14. The molecule has 5 aromatic rings. The van der Waals surface area contributed by atoms with E-state index in [0.717, 1.165) is 21.8 Å². The third-order valence-corrected chi connectivity index (χ3v) is 13.1. The van der Waals surface area contributed by atoms with Crippen LogP contribution in [0.1, 0.15) is 55.2 Å². The molecule has 20 N–H and O–H groups in total. The van der Waals surface area contributed by atoms with Crippen LogP contribution in [0.15, 0.2) is 106 Å². The van der Waals surface area contributed by atoms with Crippen molar-refractivity contribution in [3.63, 3.8) is 0 Å². The Hall–Kier alpha value is -8.63. The predicted octanol–water partition coefficient (Wildman–Crippen LogP) is -1.24. The number of para-hydroxylation sites is 2. The van der Waals surface area contributed by atoms with Gasteiger partial charge in [0.05, 0.1) is 0 Å². The quantitative estimate of drug-likeness (QED) is 0.0314. The van der Waals surface area contributed by atoms with E-state index < -0.39 is 71.2 Å². The molecule has 6 amide bonds. The number of benzene rings is 3. The van der Waals surface area contributed by atoms with E-state index in [1.54, 1.807) is 36.7 Å². The van der Waals surface area contributed by atoms with Crippen LogP contribution in [0.5, 0.6) is 0 Å². The van der Waals surface area contributed by atoms with Gasteiger partial charge in [0.2, 0.25) is 35.4 Å². The first kappa shape index (κ1) is 52.2. The maximum Gasteiger partial charge on any atom is 0.246 e. The fraction of sp³-hybridized carbons (Fsp3) is 0.380. The number of fused-ring (bicyclic) bond motifs is 2. The highest BCUT2D eigenvalue weighted by molar-refractivity contribution is 6.00. The number of carbonyl (C=O) groups excluding carboxylic acids is 6. The number of nitrogens with two attached hydrogens (primary N) is 6. The molecule has 386 valence electrons. The number of amides is 6. The molecular weight excluding hydrogens is 935 g/mol. The van der Waals surface area contributed by atoms with E-state index in [2.05, 4.69) is 56.8 Å². The van der Waals surface area contributed by atoms with Gasteiger partial charge in [-0.05, 0) is 73.3 Å². The molecule has 2 aromatic heterocycles. The number of aliphatic imine (C=N–C) groups is 3. The van der Waals surface area contributed by atoms with Crippen LogP contribution in [0.25, 0.3) is 21.8 Å². The minimum absolute atomic E-state index is 0.00242. The van der Waals surface area contributed by atoms with Crippen molar-refractivity contribution in [1.82, 2.24) is 41.9 Å². The van der Waals surface area contributed by atoms with Crippen molar-refractivity contribution in [2.45, 2.75) is 93.5 Å². The van der Waals surface area contributed by atoms with Gasteiger partial charge in [0.25, 0.3) is 0 Å². The van der Waals surface area contributed by atoms with E-state index in [9.17, 15) is 28.8 Å². The predicted molar refractivity (Wildman–Crippen MR) is 278 cm³/mol. The molecular formula is C50H65N17O6. The molecule has 2 fully saturated rings. The van der Waals surface area contributed by atoms with Crippen LogP contribution in [0.2, 0.25) is 0 Å². The molecule has 1 saturated heterocycles. The fourth-order valence-electron chi connectivity index (χ4n) is 9.41. The van der Waals surface area contributed by atoms with Gasteiger partial charge in [0.1, 0.15) is 35.7 Å². The van der Waals surface area contributed by atoms with Gasteiger partial charge in [-0.15, -0.1) is 0 Å². The summed E-state index contributed by atoms with van der Waals surface area (Å²) in [6.07, 6.45) is 3.89. The highest BCUT2D eigenvalue weighted by Gasteiger charge is 2.52. The summed E-state index contributed by atoms with van der Waals surface area (Å²) in [5, 5.41) is 18.9. The second-order valence-electron chi connectivity index (χ2n) is 18.6. The molecule has 7 rings (SSSR count). The van der Waals surface area contributed by atoms with E-state index in [0.29, 0.717) is 16.7 Å². The van der Waals surface area contributed by atoms with Crippen molar-refractivity contribution < 1.29 is 28.8 Å². The van der Waals surface area contributed by atoms with Crippen LogP contribution in [-0.4, -0.2) is 119 Å². The summed E-state index contributed by atoms with van der Waals surface area (Å²) in [6.45, 7) is 0.338. The molecule has 2 aliphatic rings. The normalized spacial score (nSPS) is 23.1. The van der Waals surface area contributed by atoms with Gasteiger partial charge >= 0.3 is 0 Å². The smallest absolute Gasteiger partial charge is 0.246 e. The minimum atomic E-state index is -1.63. The third kappa shape index (κ3) is 13.8. The summed E-state index contributed by atoms with van der Waals surface area (Å²) < 4.78 is 0. The van der Waals surface area contributed by atoms with Crippen molar-refractivity contribution in [1.29, 1.82) is 0 Å². The van der Waals surface area contributed by atoms with Gasteiger partial charge in [0.15, 0.2) is 17.9 Å². The monoisotopic (exact) mass is 1000 g/mol. The minimum Gasteiger partial charge on any atom is -0.370 e. The number of carbonyl (C=O) groups is 6. The topological polar surface area (TPSA) is 399 Å². The molecule has 23 heteroatoms. The van der Waals surface area contributed by atoms with Gasteiger partial charge in [-0.1, -0.05) is 66.7 Å². The van der Waals surface area contributed by atoms with Crippen molar-refractivity contribution >= 4 is 75.1 Å². The van der Waals surface area contributed by atoms with Gasteiger partial charge in [-0.2, -0.15) is 0 Å². The van der Waals surface area contributed by atoms with Crippen molar-refractivity contribution in [3.05, 3.63) is 108 Å². The molecule has 3 heterocycles. The number of aromatic nitrogens is 2. The summed E-state index contributed by atoms with van der Waals surface area (Å²) in [5.41, 5.74) is 35.7. The Bertz CT molecular complexity index is 2760. The number of nitrogens with zero attached hydrogens (tertiary/aromatic N) is 3. The second kappa shape index (κ2) is 24.0. The molecule has 0 radical (unpaired) electrons. The Morgan fingerprint density at radius 2 is 0.918 bits per heavy atom. The molecule has 5 atom stereocenters. The van der Waals surface area contributed by atoms with E-state index >= 15 is 0 Å². The number of hydrogen-bond acceptors (Lipinski definition) is 9. The van der Waals surface area contributed by atoms with Crippen LogP contribution >= 0.6 is 0 Å². The third-order valence-electron chi connectivity index (χ3n) is 13.1. The number of nitrogens with one attached hydrogen (secondary N) is 8. The molecule has 1 aliphatic heterocycles. The second-order valence-corrected chi connectivity index (χ2v) is 18.6. The van der Waals surface area contributed by atoms with Crippen molar-refractivity contribution in [3.8, 4) is 0 Å². The maximum atomic E-state index is 14.9. The number of rotatable bonds is 16. The lowest BCUT2D eigenvalue weighted by atomic mass is 9.67. The highest BCUT2D eigenvalue weighted by atomic mass is 16.2. The molecule has 23 nitrogen and oxygen atoms in total. The standard InChI is InChI=1S/C50H65N17O6/c51-47(52)57-18-8-16-36-41(68)64-40(22-31-27-60-35-15-7-5-13-33(31)35)44(71)63-38(20-28-10-2-1-3-11-28)42(69)65-39(21-30-26-59-34-14-6-4-12-32(30)34)43(70)62-37(17-9-19-58-48(53)54)45(72)67-50(46(73)66-36)23-29(24-50)25-61-49(55)56/h1-7,10-15,26-27,29,36-40,59-60H,8-9,16-25H2,(H,62,70)(H,63,71)(H,64,68)(H,65,69)(H,66,73)(H,67,72)(H4,51,52,57)(H4,53,54,58)(H4,55,56,61)/t29?,36-,37-,38-,39-,40-,50?/m0/s1. The van der Waals surface area contributed by atoms with E-state index in [4.69, 9.17) is 34.4 Å². The highest BCUT2D eigenvalue weighted by Crippen LogP contribution is 2.39. The van der Waals surface area contributed by atoms with Crippen LogP contribution < -0.4 is 66.3 Å². The zero-order valence-electron chi connectivity index (χ0n) is 40.4. The van der Waals surface area contributed by atoms with E-state index in [-0.39, 0.29) is 101 Å². The molecule has 0 bridgehead atoms. The Labute approximate surface area is 421 Å². The summed E-state index contributed by atoms with van der Waals surface area (Å²) in [4.78, 5) is 108. The number of aromatic amines is 2. The molecule has 3 aromatic carbocycles. The summed E-state index contributed by atoms with van der Waals surface area (Å²) in [5.74, 6) is -5.11. The first-order valence-electron chi connectivity index (χ1n) is 24.2. The molecule has 0 unspecified atom stereocenters. The molecule has 1 saturated carbocycles. The summed E-state index contributed by atoms with van der Waals surface area (Å²) in [6, 6.07) is 17.4. The molecule has 1 aliphatic carbocycles. The SMILES string of the molecule is NC(N)=NCCC[C@@H]1NC(=O)[C@H](Cc2c[nH]c3ccccc23)NC(=O)[C@H](Cc2ccccc2)NC(=O)[C@H](Cc2c[nH]c3ccccc23)NC(=O)[C@H](CCCN=C(N)N)NC(=O)C2(CC(CN=C(N)N)C2)NC1=O. The first-order valence-corrected chi connectivity index (χ1v) is 24.2. The van der Waals surface area contributed by atoms with E-state index in [1.807, 2.05) is 54.6 Å². The lowest BCUT2D eigenvalue weighted by Crippen LogP contribution is -2.70. The Morgan fingerprint density at radius 1 is 0.493 bits per heavy atom. The lowest BCUT2D eigenvalue weighted by molar-refractivity contribution is -0.143. The Balaban J connectivity index is 1.32. The molecule has 73 heavy (non-hydrogen) atoms. The number of H-pyrrole nitrogens is 2. The lowest BCUT2D eigenvalue weighted by Gasteiger charge is -2.47. The summed E-state index contributed by atoms with van der Waals surface area (Å²) in [7, 11) is 0. The van der Waals surface area contributed by atoms with Gasteiger partial charge in [-0.25, -0.2) is 0 Å².